The van der Waals surface area contributed by atoms with Gasteiger partial charge in [-0.3, -0.25) is 9.59 Å². The Labute approximate surface area is 182 Å². The van der Waals surface area contributed by atoms with Crippen LogP contribution in [-0.2, 0) is 17.5 Å². The monoisotopic (exact) mass is 468 g/mol. The first-order valence-electron chi connectivity index (χ1n) is 9.26. The maximum Gasteiger partial charge on any atom is 0.417 e. The smallest absolute Gasteiger partial charge is 0.417 e. The van der Waals surface area contributed by atoms with E-state index in [0.29, 0.717) is 23.2 Å². The van der Waals surface area contributed by atoms with Gasteiger partial charge in [0.1, 0.15) is 0 Å². The zero-order valence-electron chi connectivity index (χ0n) is 16.2. The molecule has 0 atom stereocenters. The normalized spacial score (nSPS) is 14.6. The van der Waals surface area contributed by atoms with Gasteiger partial charge in [-0.1, -0.05) is 23.5 Å². The molecule has 2 aromatic heterocycles. The third kappa shape index (κ3) is 4.51. The van der Waals surface area contributed by atoms with Crippen LogP contribution < -0.4 is 4.90 Å². The minimum absolute atomic E-state index is 0.132. The lowest BCUT2D eigenvalue weighted by molar-refractivity contribution is -0.139. The van der Waals surface area contributed by atoms with Crippen LogP contribution in [0.1, 0.15) is 15.9 Å². The van der Waals surface area contributed by atoms with Crippen LogP contribution in [-0.4, -0.2) is 78.5 Å². The highest BCUT2D eigenvalue weighted by atomic mass is 32.1. The zero-order valence-corrected chi connectivity index (χ0v) is 17.0. The molecule has 32 heavy (non-hydrogen) atoms. The molecule has 0 aliphatic carbocycles. The van der Waals surface area contributed by atoms with Gasteiger partial charge in [0.25, 0.3) is 5.91 Å². The van der Waals surface area contributed by atoms with Crippen LogP contribution in [0.5, 0.6) is 0 Å². The van der Waals surface area contributed by atoms with E-state index in [0.717, 1.165) is 22.2 Å². The van der Waals surface area contributed by atoms with E-state index in [2.05, 4.69) is 25.6 Å². The van der Waals surface area contributed by atoms with Crippen LogP contribution in [0.15, 0.2) is 24.3 Å². The third-order valence-corrected chi connectivity index (χ3v) is 5.62. The van der Waals surface area contributed by atoms with Crippen molar-refractivity contribution in [2.75, 3.05) is 31.1 Å². The fraction of sp³-hybridized carbons (Fsp3) is 0.353. The molecule has 1 fully saturated rings. The van der Waals surface area contributed by atoms with Crippen LogP contribution in [0, 0.1) is 0 Å². The molecule has 1 aromatic carbocycles. The van der Waals surface area contributed by atoms with Crippen molar-refractivity contribution in [3.05, 3.63) is 35.4 Å². The second kappa shape index (κ2) is 8.49. The van der Waals surface area contributed by atoms with Gasteiger partial charge in [0, 0.05) is 26.2 Å². The Bertz CT molecular complexity index is 1140. The highest BCUT2D eigenvalue weighted by molar-refractivity contribution is 7.18. The average molecular weight is 468 g/mol. The maximum absolute atomic E-state index is 13.2. The molecule has 4 rings (SSSR count). The number of aromatic nitrogens is 6. The van der Waals surface area contributed by atoms with Crippen LogP contribution in [0.3, 0.4) is 0 Å². The summed E-state index contributed by atoms with van der Waals surface area (Å²) in [5.41, 5.74) is -1.33. The lowest BCUT2D eigenvalue weighted by Gasteiger charge is -2.34. The Morgan fingerprint density at radius 1 is 1.06 bits per heavy atom. The van der Waals surface area contributed by atoms with Crippen molar-refractivity contribution in [3.8, 4) is 10.8 Å². The van der Waals surface area contributed by atoms with Crippen molar-refractivity contribution in [2.45, 2.75) is 12.7 Å². The number of piperazine rings is 1. The van der Waals surface area contributed by atoms with E-state index in [9.17, 15) is 22.8 Å². The summed E-state index contributed by atoms with van der Waals surface area (Å²) in [5, 5.41) is 29.0. The van der Waals surface area contributed by atoms with Crippen molar-refractivity contribution >= 4 is 28.3 Å². The molecule has 15 heteroatoms. The number of alkyl halides is 3. The Balaban J connectivity index is 1.41. The number of amides is 1. The maximum atomic E-state index is 13.2. The van der Waals surface area contributed by atoms with Crippen LogP contribution in [0.4, 0.5) is 18.3 Å². The molecule has 1 amide bonds. The molecule has 0 saturated carbocycles. The van der Waals surface area contributed by atoms with Crippen LogP contribution in [0.2, 0.25) is 0 Å². The second-order valence-corrected chi connectivity index (χ2v) is 7.71. The first-order valence-corrected chi connectivity index (χ1v) is 10.1. The summed E-state index contributed by atoms with van der Waals surface area (Å²) < 4.78 is 39.7. The summed E-state index contributed by atoms with van der Waals surface area (Å²) >= 11 is 1.16. The Morgan fingerprint density at radius 3 is 2.47 bits per heavy atom. The number of rotatable bonds is 5. The van der Waals surface area contributed by atoms with Crippen LogP contribution in [0.25, 0.3) is 10.8 Å². The number of hydrogen-bond acceptors (Lipinski definition) is 9. The number of nitrogens with zero attached hydrogens (tertiary/aromatic N) is 8. The van der Waals surface area contributed by atoms with Gasteiger partial charge < -0.3 is 14.9 Å². The van der Waals surface area contributed by atoms with Gasteiger partial charge in [0.05, 0.1) is 11.1 Å². The molecule has 0 bridgehead atoms. The van der Waals surface area contributed by atoms with E-state index >= 15 is 0 Å². The third-order valence-electron chi connectivity index (χ3n) is 4.64. The van der Waals surface area contributed by atoms with Crippen molar-refractivity contribution in [2.24, 2.45) is 0 Å². The van der Waals surface area contributed by atoms with E-state index in [1.807, 2.05) is 4.90 Å². The predicted octanol–water partition coefficient (Wildman–Crippen LogP) is 1.26. The van der Waals surface area contributed by atoms with E-state index in [4.69, 9.17) is 5.11 Å². The van der Waals surface area contributed by atoms with Gasteiger partial charge in [0.15, 0.2) is 11.6 Å². The van der Waals surface area contributed by atoms with Gasteiger partial charge in [-0.25, -0.2) is 0 Å². The first-order chi connectivity index (χ1) is 15.2. The van der Waals surface area contributed by atoms with Gasteiger partial charge in [0.2, 0.25) is 11.0 Å². The Morgan fingerprint density at radius 2 is 1.78 bits per heavy atom. The molecular weight excluding hydrogens is 453 g/mol. The standard InChI is InChI=1S/C17H15F3N8O3S/c18-17(19,20)11-4-2-1-3-10(11)15(31)26-5-7-27(8-6-26)16-23-22-14(32-16)13-21-25-28(24-13)9-12(29)30/h1-4H,5-9H2,(H,29,30). The summed E-state index contributed by atoms with van der Waals surface area (Å²) in [6, 6.07) is 4.73. The number of hydrogen-bond donors (Lipinski definition) is 1. The fourth-order valence-electron chi connectivity index (χ4n) is 3.14. The molecule has 11 nitrogen and oxygen atoms in total. The summed E-state index contributed by atoms with van der Waals surface area (Å²) in [7, 11) is 0. The molecule has 1 saturated heterocycles. The molecule has 1 aliphatic rings. The number of halogens is 3. The van der Waals surface area contributed by atoms with Crippen molar-refractivity contribution in [1.82, 2.24) is 35.3 Å². The Kier molecular flexibility index (Phi) is 5.73. The summed E-state index contributed by atoms with van der Waals surface area (Å²) in [6.45, 7) is 0.702. The highest BCUT2D eigenvalue weighted by Crippen LogP contribution is 2.33. The molecule has 1 aliphatic heterocycles. The lowest BCUT2D eigenvalue weighted by Crippen LogP contribution is -2.49. The molecule has 0 unspecified atom stereocenters. The van der Waals surface area contributed by atoms with Gasteiger partial charge in [-0.15, -0.1) is 20.4 Å². The molecule has 3 aromatic rings. The zero-order chi connectivity index (χ0) is 22.9. The minimum Gasteiger partial charge on any atom is -0.480 e. The van der Waals surface area contributed by atoms with Crippen molar-refractivity contribution < 1.29 is 27.9 Å². The van der Waals surface area contributed by atoms with E-state index in [1.54, 1.807) is 0 Å². The van der Waals surface area contributed by atoms with Gasteiger partial charge >= 0.3 is 12.1 Å². The largest absolute Gasteiger partial charge is 0.480 e. The number of anilines is 1. The number of aliphatic carboxylic acids is 1. The summed E-state index contributed by atoms with van der Waals surface area (Å²) in [4.78, 5) is 27.6. The molecular formula is C17H15F3N8O3S. The second-order valence-electron chi connectivity index (χ2n) is 6.75. The number of carbonyl (C=O) groups is 2. The van der Waals surface area contributed by atoms with Crippen LogP contribution >= 0.6 is 11.3 Å². The Hall–Kier alpha value is -3.62. The summed E-state index contributed by atoms with van der Waals surface area (Å²) in [5.74, 6) is -1.65. The minimum atomic E-state index is -4.61. The van der Waals surface area contributed by atoms with E-state index < -0.39 is 30.2 Å². The highest BCUT2D eigenvalue weighted by Gasteiger charge is 2.36. The van der Waals surface area contributed by atoms with E-state index in [1.165, 1.54) is 23.1 Å². The predicted molar refractivity (Wildman–Crippen MR) is 104 cm³/mol. The van der Waals surface area contributed by atoms with Crippen molar-refractivity contribution in [3.63, 3.8) is 0 Å². The molecule has 168 valence electrons. The van der Waals surface area contributed by atoms with E-state index in [-0.39, 0.29) is 24.5 Å². The number of tetrazole rings is 1. The quantitative estimate of drug-likeness (QED) is 0.588. The number of carboxylic acid groups (broad SMARTS) is 1. The topological polar surface area (TPSA) is 130 Å². The SMILES string of the molecule is O=C(O)Cn1nnc(-c2nnc(N3CCN(C(=O)c4ccccc4C(F)(F)F)CC3)s2)n1. The molecule has 0 radical (unpaired) electrons. The molecule has 1 N–H and O–H groups in total. The molecule has 0 spiro atoms. The van der Waals surface area contributed by atoms with Crippen molar-refractivity contribution in [1.29, 1.82) is 0 Å². The average Bonchev–Trinajstić information content (AvgIpc) is 3.42. The number of carbonyl (C=O) groups excluding carboxylic acids is 1. The number of benzene rings is 1. The van der Waals surface area contributed by atoms with Gasteiger partial charge in [-0.05, 0) is 17.3 Å². The van der Waals surface area contributed by atoms with Gasteiger partial charge in [-0.2, -0.15) is 18.0 Å². The molecule has 3 heterocycles. The lowest BCUT2D eigenvalue weighted by atomic mass is 10.1. The number of carboxylic acids is 1. The first kappa shape index (κ1) is 21.6. The fourth-order valence-corrected chi connectivity index (χ4v) is 3.96. The summed E-state index contributed by atoms with van der Waals surface area (Å²) in [6.07, 6.45) is -4.61.